The van der Waals surface area contributed by atoms with Gasteiger partial charge >= 0.3 is 0 Å². The molecule has 0 aliphatic heterocycles. The molecule has 4 N–H and O–H groups in total. The van der Waals surface area contributed by atoms with Gasteiger partial charge in [0.25, 0.3) is 5.56 Å². The lowest BCUT2D eigenvalue weighted by Crippen LogP contribution is -2.14. The molecule has 2 heterocycles. The normalized spacial score (nSPS) is 12.8. The largest absolute Gasteiger partial charge is 0.383 e. The van der Waals surface area contributed by atoms with Gasteiger partial charge in [-0.2, -0.15) is 22.0 Å². The van der Waals surface area contributed by atoms with E-state index in [1.54, 1.807) is 11.8 Å². The minimum Gasteiger partial charge on any atom is -0.383 e. The van der Waals surface area contributed by atoms with Gasteiger partial charge < -0.3 is 10.3 Å². The van der Waals surface area contributed by atoms with E-state index < -0.39 is 0 Å². The van der Waals surface area contributed by atoms with Gasteiger partial charge in [-0.05, 0) is 0 Å². The van der Waals surface area contributed by atoms with Gasteiger partial charge in [-0.1, -0.05) is 0 Å². The summed E-state index contributed by atoms with van der Waals surface area (Å²) < 4.78 is 4.90. The van der Waals surface area contributed by atoms with Gasteiger partial charge in [-0.15, -0.1) is 0 Å². The van der Waals surface area contributed by atoms with Crippen LogP contribution in [0.1, 0.15) is 17.6 Å². The van der Waals surface area contributed by atoms with Crippen LogP contribution in [0, 0.1) is 0 Å². The molecule has 1 atom stereocenters. The number of aromatic nitrogens is 4. The molecule has 0 fully saturated rings. The first-order valence-electron chi connectivity index (χ1n) is 4.61. The lowest BCUT2D eigenvalue weighted by atomic mass is 10.3. The van der Waals surface area contributed by atoms with Gasteiger partial charge in [-0.3, -0.25) is 9.89 Å². The van der Waals surface area contributed by atoms with Crippen molar-refractivity contribution in [2.45, 2.75) is 11.8 Å². The van der Waals surface area contributed by atoms with E-state index in [-0.39, 0.29) is 11.6 Å². The Morgan fingerprint density at radius 1 is 1.62 bits per heavy atom. The summed E-state index contributed by atoms with van der Waals surface area (Å²) in [6.45, 7) is 0. The van der Waals surface area contributed by atoms with E-state index in [2.05, 4.69) is 20.3 Å². The lowest BCUT2D eigenvalue weighted by molar-refractivity contribution is 0.390. The van der Waals surface area contributed by atoms with E-state index >= 15 is 0 Å². The topological polar surface area (TPSA) is 114 Å². The SMILES string of the molecule is NC(CSCc1cc(=O)[nH]o1)c1ncn[nH]1. The predicted octanol–water partition coefficient (Wildman–Crippen LogP) is 0.0192. The van der Waals surface area contributed by atoms with Gasteiger partial charge in [0.2, 0.25) is 0 Å². The number of thioether (sulfide) groups is 1. The number of hydrogen-bond acceptors (Lipinski definition) is 6. The quantitative estimate of drug-likeness (QED) is 0.680. The summed E-state index contributed by atoms with van der Waals surface area (Å²) in [5.41, 5.74) is 5.63. The fraction of sp³-hybridized carbons (Fsp3) is 0.375. The van der Waals surface area contributed by atoms with Crippen LogP contribution in [0.15, 0.2) is 21.7 Å². The lowest BCUT2D eigenvalue weighted by Gasteiger charge is -2.06. The number of nitrogens with two attached hydrogens (primary N) is 1. The van der Waals surface area contributed by atoms with E-state index in [0.717, 1.165) is 0 Å². The fourth-order valence-electron chi connectivity index (χ4n) is 1.15. The van der Waals surface area contributed by atoms with Crippen molar-refractivity contribution in [2.24, 2.45) is 5.73 Å². The highest BCUT2D eigenvalue weighted by Crippen LogP contribution is 2.15. The monoisotopic (exact) mass is 241 g/mol. The number of hydrogen-bond donors (Lipinski definition) is 3. The molecule has 2 aromatic heterocycles. The molecule has 0 spiro atoms. The minimum atomic E-state index is -0.227. The van der Waals surface area contributed by atoms with Crippen LogP contribution < -0.4 is 11.3 Å². The van der Waals surface area contributed by atoms with Crippen LogP contribution in [0.4, 0.5) is 0 Å². The number of nitrogens with zero attached hydrogens (tertiary/aromatic N) is 2. The highest BCUT2D eigenvalue weighted by Gasteiger charge is 2.09. The van der Waals surface area contributed by atoms with Crippen LogP contribution in [-0.4, -0.2) is 26.1 Å². The zero-order valence-corrected chi connectivity index (χ0v) is 9.16. The molecule has 0 aliphatic rings. The van der Waals surface area contributed by atoms with Gasteiger partial charge in [-0.25, -0.2) is 4.98 Å². The van der Waals surface area contributed by atoms with Crippen LogP contribution in [0.3, 0.4) is 0 Å². The Morgan fingerprint density at radius 2 is 2.50 bits per heavy atom. The molecular weight excluding hydrogens is 230 g/mol. The van der Waals surface area contributed by atoms with E-state index in [1.807, 2.05) is 0 Å². The molecule has 1 unspecified atom stereocenters. The second-order valence-electron chi connectivity index (χ2n) is 3.17. The third kappa shape index (κ3) is 2.74. The van der Waals surface area contributed by atoms with Crippen LogP contribution in [0.5, 0.6) is 0 Å². The molecule has 0 radical (unpaired) electrons. The summed E-state index contributed by atoms with van der Waals surface area (Å²) >= 11 is 1.56. The first-order chi connectivity index (χ1) is 7.75. The van der Waals surface area contributed by atoms with Gasteiger partial charge in [0.05, 0.1) is 11.8 Å². The van der Waals surface area contributed by atoms with Crippen LogP contribution >= 0.6 is 11.8 Å². The average Bonchev–Trinajstić information content (AvgIpc) is 2.89. The summed E-state index contributed by atoms with van der Waals surface area (Å²) in [6, 6.07) is 1.23. The van der Waals surface area contributed by atoms with E-state index in [9.17, 15) is 4.79 Å². The average molecular weight is 241 g/mol. The maximum absolute atomic E-state index is 10.8. The zero-order valence-electron chi connectivity index (χ0n) is 8.34. The molecular formula is C8H11N5O2S. The van der Waals surface area contributed by atoms with Crippen LogP contribution in [0.2, 0.25) is 0 Å². The number of nitrogens with one attached hydrogen (secondary N) is 2. The zero-order chi connectivity index (χ0) is 11.4. The number of rotatable bonds is 5. The van der Waals surface area contributed by atoms with Crippen molar-refractivity contribution in [3.8, 4) is 0 Å². The predicted molar refractivity (Wildman–Crippen MR) is 58.8 cm³/mol. The van der Waals surface area contributed by atoms with Crippen molar-refractivity contribution in [1.29, 1.82) is 0 Å². The molecule has 2 rings (SSSR count). The molecule has 7 nitrogen and oxygen atoms in total. The summed E-state index contributed by atoms with van der Waals surface area (Å²) in [5, 5.41) is 8.66. The maximum Gasteiger partial charge on any atom is 0.280 e. The van der Waals surface area contributed by atoms with Crippen molar-refractivity contribution in [3.63, 3.8) is 0 Å². The standard InChI is InChI=1S/C8H11N5O2S/c9-6(8-10-4-11-12-8)3-16-2-5-1-7(14)13-15-5/h1,4,6H,2-3,9H2,(H,13,14)(H,10,11,12). The molecule has 0 aliphatic carbocycles. The first-order valence-corrected chi connectivity index (χ1v) is 5.77. The molecule has 8 heteroatoms. The second kappa shape index (κ2) is 4.99. The summed E-state index contributed by atoms with van der Waals surface area (Å²) in [5.74, 6) is 2.53. The molecule has 0 bridgehead atoms. The van der Waals surface area contributed by atoms with E-state index in [1.165, 1.54) is 12.4 Å². The summed E-state index contributed by atoms with van der Waals surface area (Å²) in [4.78, 5) is 14.7. The molecule has 2 aromatic rings. The Labute approximate surface area is 94.8 Å². The van der Waals surface area contributed by atoms with Crippen molar-refractivity contribution < 1.29 is 4.52 Å². The minimum absolute atomic E-state index is 0.196. The Hall–Kier alpha value is -1.54. The molecule has 0 saturated heterocycles. The highest BCUT2D eigenvalue weighted by molar-refractivity contribution is 7.98. The van der Waals surface area contributed by atoms with Crippen molar-refractivity contribution >= 4 is 11.8 Å². The Kier molecular flexibility index (Phi) is 3.42. The molecule has 0 amide bonds. The highest BCUT2D eigenvalue weighted by atomic mass is 32.2. The molecule has 0 aromatic carbocycles. The second-order valence-corrected chi connectivity index (χ2v) is 4.20. The third-order valence-corrected chi connectivity index (χ3v) is 2.98. The van der Waals surface area contributed by atoms with Crippen LogP contribution in [0.25, 0.3) is 0 Å². The van der Waals surface area contributed by atoms with Crippen molar-refractivity contribution in [1.82, 2.24) is 20.3 Å². The first kappa shape index (κ1) is 11.0. The van der Waals surface area contributed by atoms with E-state index in [4.69, 9.17) is 10.3 Å². The summed E-state index contributed by atoms with van der Waals surface area (Å²) in [6.07, 6.45) is 1.42. The molecule has 16 heavy (non-hydrogen) atoms. The smallest absolute Gasteiger partial charge is 0.280 e. The summed E-state index contributed by atoms with van der Waals surface area (Å²) in [7, 11) is 0. The Bertz CT molecular complexity index is 477. The van der Waals surface area contributed by atoms with Gasteiger partial charge in [0.1, 0.15) is 17.9 Å². The van der Waals surface area contributed by atoms with E-state index in [0.29, 0.717) is 23.1 Å². The van der Waals surface area contributed by atoms with Crippen LogP contribution in [-0.2, 0) is 5.75 Å². The van der Waals surface area contributed by atoms with Gasteiger partial charge in [0.15, 0.2) is 0 Å². The maximum atomic E-state index is 10.8. The third-order valence-electron chi connectivity index (χ3n) is 1.90. The fourth-order valence-corrected chi connectivity index (χ4v) is 2.02. The van der Waals surface area contributed by atoms with Crippen molar-refractivity contribution in [2.75, 3.05) is 5.75 Å². The Balaban J connectivity index is 1.78. The molecule has 86 valence electrons. The number of aromatic amines is 2. The Morgan fingerprint density at radius 3 is 3.12 bits per heavy atom. The molecule has 0 saturated carbocycles. The van der Waals surface area contributed by atoms with Crippen molar-refractivity contribution in [3.05, 3.63) is 34.3 Å². The van der Waals surface area contributed by atoms with Gasteiger partial charge in [0, 0.05) is 11.8 Å². The number of H-pyrrole nitrogens is 2.